The number of benzene rings is 1. The van der Waals surface area contributed by atoms with E-state index >= 15 is 0 Å². The standard InChI is InChI=1S/C28H32F4N6O2/c1-36(2)27(39)18-8-5-11-24(40-4)25(18)33-13-6-9-21-23(16-28(30,31)32)38-14-7-10-22(26(38)35-21)34-20-12-15-37(3)17-19(20)29/h5,7-8,10-11,14,19-20,33-34H,12-13,15-17H2,1-4H3/t19-,20+/m0/s1. The monoisotopic (exact) mass is 560 g/mol. The van der Waals surface area contributed by atoms with Gasteiger partial charge in [0.1, 0.15) is 17.6 Å². The van der Waals surface area contributed by atoms with Crippen LogP contribution in [-0.2, 0) is 6.42 Å². The van der Waals surface area contributed by atoms with Crippen LogP contribution in [0.5, 0.6) is 5.75 Å². The Kier molecular flexibility index (Phi) is 8.73. The normalized spacial score (nSPS) is 17.7. The van der Waals surface area contributed by atoms with Gasteiger partial charge in [0.25, 0.3) is 5.91 Å². The molecule has 0 unspecified atom stereocenters. The Balaban J connectivity index is 1.64. The fraction of sp³-hybridized carbons (Fsp3) is 0.429. The van der Waals surface area contributed by atoms with E-state index < -0.39 is 24.8 Å². The molecule has 0 aliphatic carbocycles. The van der Waals surface area contributed by atoms with Crippen LogP contribution in [0, 0.1) is 11.8 Å². The summed E-state index contributed by atoms with van der Waals surface area (Å²) < 4.78 is 62.0. The molecule has 4 rings (SSSR count). The molecule has 214 valence electrons. The number of para-hydroxylation sites is 1. The summed E-state index contributed by atoms with van der Waals surface area (Å²) in [6, 6.07) is 7.81. The largest absolute Gasteiger partial charge is 0.495 e. The lowest BCUT2D eigenvalue weighted by Crippen LogP contribution is -2.46. The van der Waals surface area contributed by atoms with Gasteiger partial charge in [0.2, 0.25) is 0 Å². The van der Waals surface area contributed by atoms with Crippen molar-refractivity contribution < 1.29 is 27.1 Å². The number of imidazole rings is 1. The number of piperidine rings is 1. The van der Waals surface area contributed by atoms with Crippen molar-refractivity contribution in [2.45, 2.75) is 31.2 Å². The fourth-order valence-corrected chi connectivity index (χ4v) is 4.67. The van der Waals surface area contributed by atoms with Gasteiger partial charge >= 0.3 is 6.18 Å². The molecule has 3 aromatic rings. The molecule has 1 fully saturated rings. The van der Waals surface area contributed by atoms with E-state index in [4.69, 9.17) is 4.74 Å². The van der Waals surface area contributed by atoms with Crippen LogP contribution in [0.15, 0.2) is 36.5 Å². The molecule has 1 aliphatic heterocycles. The molecule has 3 heterocycles. The van der Waals surface area contributed by atoms with Gasteiger partial charge in [-0.1, -0.05) is 12.0 Å². The highest BCUT2D eigenvalue weighted by Gasteiger charge is 2.32. The number of pyridine rings is 1. The predicted octanol–water partition coefficient (Wildman–Crippen LogP) is 4.07. The van der Waals surface area contributed by atoms with Crippen molar-refractivity contribution in [1.29, 1.82) is 0 Å². The second-order valence-corrected chi connectivity index (χ2v) is 9.87. The highest BCUT2D eigenvalue weighted by Crippen LogP contribution is 2.30. The van der Waals surface area contributed by atoms with Gasteiger partial charge < -0.3 is 29.6 Å². The van der Waals surface area contributed by atoms with Crippen molar-refractivity contribution in [2.24, 2.45) is 0 Å². The Hall–Kier alpha value is -3.98. The van der Waals surface area contributed by atoms with Gasteiger partial charge in [0, 0.05) is 33.4 Å². The predicted molar refractivity (Wildman–Crippen MR) is 146 cm³/mol. The van der Waals surface area contributed by atoms with E-state index in [1.54, 1.807) is 44.4 Å². The first-order valence-corrected chi connectivity index (χ1v) is 12.8. The molecule has 0 bridgehead atoms. The first-order chi connectivity index (χ1) is 19.0. The van der Waals surface area contributed by atoms with Crippen molar-refractivity contribution in [3.63, 3.8) is 0 Å². The topological polar surface area (TPSA) is 74.1 Å². The van der Waals surface area contributed by atoms with Crippen molar-refractivity contribution >= 4 is 22.9 Å². The number of nitrogens with one attached hydrogen (secondary N) is 2. The highest BCUT2D eigenvalue weighted by atomic mass is 19.4. The van der Waals surface area contributed by atoms with Crippen molar-refractivity contribution in [1.82, 2.24) is 19.2 Å². The zero-order valence-electron chi connectivity index (χ0n) is 22.8. The molecule has 1 saturated heterocycles. The van der Waals surface area contributed by atoms with Crippen molar-refractivity contribution in [3.8, 4) is 17.6 Å². The van der Waals surface area contributed by atoms with Gasteiger partial charge in [-0.3, -0.25) is 4.79 Å². The highest BCUT2D eigenvalue weighted by molar-refractivity contribution is 6.00. The Morgan fingerprint density at radius 3 is 2.70 bits per heavy atom. The zero-order chi connectivity index (χ0) is 29.0. The smallest absolute Gasteiger partial charge is 0.394 e. The molecule has 1 aliphatic rings. The Morgan fingerprint density at radius 1 is 1.25 bits per heavy atom. The quantitative estimate of drug-likeness (QED) is 0.336. The van der Waals surface area contributed by atoms with Gasteiger partial charge in [-0.15, -0.1) is 0 Å². The second kappa shape index (κ2) is 12.0. The van der Waals surface area contributed by atoms with E-state index in [9.17, 15) is 22.4 Å². The maximum absolute atomic E-state index is 14.7. The SMILES string of the molecule is COc1cccc(C(=O)N(C)C)c1NCC#Cc1nc2c(N[C@@H]3CCN(C)C[C@@H]3F)cccn2c1CC(F)(F)F. The van der Waals surface area contributed by atoms with Crippen LogP contribution >= 0.6 is 0 Å². The lowest BCUT2D eigenvalue weighted by Gasteiger charge is -2.33. The van der Waals surface area contributed by atoms with E-state index in [1.807, 2.05) is 11.9 Å². The number of amides is 1. The Labute approximate surface area is 230 Å². The van der Waals surface area contributed by atoms with Gasteiger partial charge in [0.15, 0.2) is 5.65 Å². The molecule has 1 amide bonds. The van der Waals surface area contributed by atoms with Gasteiger partial charge in [-0.2, -0.15) is 13.2 Å². The number of alkyl halides is 4. The summed E-state index contributed by atoms with van der Waals surface area (Å²) in [6.45, 7) is 0.983. The second-order valence-electron chi connectivity index (χ2n) is 9.87. The molecule has 0 saturated carbocycles. The van der Waals surface area contributed by atoms with Gasteiger partial charge in [-0.25, -0.2) is 9.37 Å². The Bertz CT molecular complexity index is 1430. The van der Waals surface area contributed by atoms with Gasteiger partial charge in [0.05, 0.1) is 48.7 Å². The molecule has 2 aromatic heterocycles. The number of ether oxygens (including phenoxy) is 1. The number of anilines is 2. The van der Waals surface area contributed by atoms with Crippen LogP contribution in [-0.4, -0.2) is 91.4 Å². The maximum atomic E-state index is 14.7. The minimum atomic E-state index is -4.50. The lowest BCUT2D eigenvalue weighted by molar-refractivity contribution is -0.128. The molecular weight excluding hydrogens is 528 g/mol. The van der Waals surface area contributed by atoms with Crippen molar-refractivity contribution in [3.05, 3.63) is 53.5 Å². The molecule has 2 atom stereocenters. The number of likely N-dealkylation sites (tertiary alicyclic amines) is 1. The molecule has 0 spiro atoms. The molecule has 40 heavy (non-hydrogen) atoms. The number of aromatic nitrogens is 2. The minimum absolute atomic E-state index is 0.0115. The summed E-state index contributed by atoms with van der Waals surface area (Å²) in [5.41, 5.74) is 1.34. The Morgan fingerprint density at radius 2 is 2.02 bits per heavy atom. The number of carbonyl (C=O) groups excluding carboxylic acids is 1. The van der Waals surface area contributed by atoms with E-state index in [1.165, 1.54) is 22.6 Å². The molecule has 12 heteroatoms. The average molecular weight is 561 g/mol. The van der Waals surface area contributed by atoms with Crippen molar-refractivity contribution in [2.75, 3.05) is 58.5 Å². The van der Waals surface area contributed by atoms with E-state index in [2.05, 4.69) is 27.5 Å². The first kappa shape index (κ1) is 29.0. The maximum Gasteiger partial charge on any atom is 0.394 e. The third-order valence-electron chi connectivity index (χ3n) is 6.65. The van der Waals surface area contributed by atoms with Crippen LogP contribution in [0.25, 0.3) is 5.65 Å². The minimum Gasteiger partial charge on any atom is -0.495 e. The van der Waals surface area contributed by atoms with E-state index in [-0.39, 0.29) is 36.0 Å². The third kappa shape index (κ3) is 6.59. The number of hydrogen-bond acceptors (Lipinski definition) is 6. The molecule has 2 N–H and O–H groups in total. The van der Waals surface area contributed by atoms with Gasteiger partial charge in [-0.05, 0) is 43.7 Å². The number of methoxy groups -OCH3 is 1. The fourth-order valence-electron chi connectivity index (χ4n) is 4.67. The molecular formula is C28H32F4N6O2. The number of fused-ring (bicyclic) bond motifs is 1. The summed E-state index contributed by atoms with van der Waals surface area (Å²) in [5, 5.41) is 6.20. The third-order valence-corrected chi connectivity index (χ3v) is 6.65. The summed E-state index contributed by atoms with van der Waals surface area (Å²) in [7, 11) is 6.57. The summed E-state index contributed by atoms with van der Waals surface area (Å²) >= 11 is 0. The van der Waals surface area contributed by atoms with Crippen LogP contribution in [0.4, 0.5) is 28.9 Å². The van der Waals surface area contributed by atoms with E-state index in [0.29, 0.717) is 35.7 Å². The summed E-state index contributed by atoms with van der Waals surface area (Å²) in [6.07, 6.45) is -4.82. The van der Waals surface area contributed by atoms with E-state index in [0.717, 1.165) is 0 Å². The number of nitrogens with zero attached hydrogens (tertiary/aromatic N) is 4. The van der Waals surface area contributed by atoms with Crippen LogP contribution in [0.3, 0.4) is 0 Å². The number of rotatable bonds is 7. The summed E-state index contributed by atoms with van der Waals surface area (Å²) in [5.74, 6) is 5.77. The zero-order valence-corrected chi connectivity index (χ0v) is 22.8. The molecule has 0 radical (unpaired) electrons. The summed E-state index contributed by atoms with van der Waals surface area (Å²) in [4.78, 5) is 20.4. The number of carbonyl (C=O) groups is 1. The number of halogens is 4. The average Bonchev–Trinajstić information content (AvgIpc) is 3.24. The van der Waals surface area contributed by atoms with Crippen LogP contribution in [0.1, 0.15) is 28.2 Å². The lowest BCUT2D eigenvalue weighted by atomic mass is 10.0. The van der Waals surface area contributed by atoms with Crippen LogP contribution in [0.2, 0.25) is 0 Å². The number of hydrogen-bond donors (Lipinski definition) is 2. The molecule has 1 aromatic carbocycles. The molecule has 8 nitrogen and oxygen atoms in total. The first-order valence-electron chi connectivity index (χ1n) is 12.8. The van der Waals surface area contributed by atoms with Crippen LogP contribution < -0.4 is 15.4 Å².